The molecule has 2 aliphatic heterocycles. The molecule has 5 nitrogen and oxygen atoms in total. The number of nitrogens with two attached hydrogens (primary N) is 1. The molecule has 26 heavy (non-hydrogen) atoms. The smallest absolute Gasteiger partial charge is 0.224 e. The molecule has 1 spiro atoms. The Morgan fingerprint density at radius 1 is 1.23 bits per heavy atom. The van der Waals surface area contributed by atoms with Crippen molar-refractivity contribution in [2.24, 2.45) is 11.1 Å². The third kappa shape index (κ3) is 4.15. The predicted molar refractivity (Wildman–Crippen MR) is 102 cm³/mol. The molecule has 2 saturated heterocycles. The van der Waals surface area contributed by atoms with Gasteiger partial charge in [0.15, 0.2) is 0 Å². The number of hydrogen-bond acceptors (Lipinski definition) is 3. The molecule has 2 N–H and O–H groups in total. The van der Waals surface area contributed by atoms with E-state index < -0.39 is 0 Å². The maximum atomic E-state index is 12.6. The molecule has 1 unspecified atom stereocenters. The van der Waals surface area contributed by atoms with Crippen molar-refractivity contribution in [1.29, 1.82) is 0 Å². The second-order valence-corrected chi connectivity index (χ2v) is 7.67. The van der Waals surface area contributed by atoms with Crippen molar-refractivity contribution in [1.82, 2.24) is 9.80 Å². The predicted octanol–water partition coefficient (Wildman–Crippen LogP) is 2.49. The Kier molecular flexibility index (Phi) is 5.77. The van der Waals surface area contributed by atoms with Crippen molar-refractivity contribution in [3.8, 4) is 0 Å². The number of likely N-dealkylation sites (tertiary alicyclic amines) is 2. The molecule has 1 aromatic rings. The van der Waals surface area contributed by atoms with Crippen LogP contribution in [0.15, 0.2) is 43.0 Å². The lowest BCUT2D eigenvalue weighted by Crippen LogP contribution is -2.52. The lowest BCUT2D eigenvalue weighted by Gasteiger charge is -2.47. The van der Waals surface area contributed by atoms with Crippen LogP contribution in [0.4, 0.5) is 0 Å². The van der Waals surface area contributed by atoms with Gasteiger partial charge in [-0.05, 0) is 30.2 Å². The van der Waals surface area contributed by atoms with Gasteiger partial charge in [-0.15, -0.1) is 6.58 Å². The molecule has 0 saturated carbocycles. The standard InChI is InChI=1S/C21H29N3O2/c1-2-12-24-16-21(9-8-19(24)25)10-13-23(14-11-21)20(26)15-18(22)17-6-4-3-5-7-17/h2-7,18H,1,8-16,22H2. The van der Waals surface area contributed by atoms with Crippen molar-refractivity contribution < 1.29 is 9.59 Å². The summed E-state index contributed by atoms with van der Waals surface area (Å²) < 4.78 is 0. The van der Waals surface area contributed by atoms with E-state index >= 15 is 0 Å². The van der Waals surface area contributed by atoms with Gasteiger partial charge in [0.25, 0.3) is 0 Å². The summed E-state index contributed by atoms with van der Waals surface area (Å²) in [5, 5.41) is 0. The van der Waals surface area contributed by atoms with Crippen LogP contribution in [-0.2, 0) is 9.59 Å². The van der Waals surface area contributed by atoms with Gasteiger partial charge in [0, 0.05) is 45.1 Å². The van der Waals surface area contributed by atoms with Crippen molar-refractivity contribution in [3.05, 3.63) is 48.6 Å². The highest BCUT2D eigenvalue weighted by Crippen LogP contribution is 2.40. The Labute approximate surface area is 155 Å². The SMILES string of the molecule is C=CCN1CC2(CCC1=O)CCN(C(=O)CC(N)c1ccccc1)CC2. The van der Waals surface area contributed by atoms with Gasteiger partial charge in [-0.3, -0.25) is 9.59 Å². The summed E-state index contributed by atoms with van der Waals surface area (Å²) in [4.78, 5) is 28.5. The quantitative estimate of drug-likeness (QED) is 0.825. The fraction of sp³-hybridized carbons (Fsp3) is 0.524. The van der Waals surface area contributed by atoms with E-state index in [1.807, 2.05) is 40.1 Å². The highest BCUT2D eigenvalue weighted by Gasteiger charge is 2.41. The van der Waals surface area contributed by atoms with Crippen LogP contribution in [0.1, 0.15) is 43.7 Å². The number of rotatable bonds is 5. The fourth-order valence-corrected chi connectivity index (χ4v) is 4.20. The Morgan fingerprint density at radius 2 is 1.92 bits per heavy atom. The molecular formula is C21H29N3O2. The van der Waals surface area contributed by atoms with Crippen molar-refractivity contribution >= 4 is 11.8 Å². The van der Waals surface area contributed by atoms with Gasteiger partial charge in [0.2, 0.25) is 11.8 Å². The summed E-state index contributed by atoms with van der Waals surface area (Å²) in [6.45, 7) is 6.69. The van der Waals surface area contributed by atoms with Gasteiger partial charge >= 0.3 is 0 Å². The fourth-order valence-electron chi connectivity index (χ4n) is 4.20. The third-order valence-corrected chi connectivity index (χ3v) is 5.90. The second-order valence-electron chi connectivity index (χ2n) is 7.67. The first-order chi connectivity index (χ1) is 12.5. The normalized spacial score (nSPS) is 20.9. The number of nitrogens with zero attached hydrogens (tertiary/aromatic N) is 2. The van der Waals surface area contributed by atoms with Crippen molar-refractivity contribution in [3.63, 3.8) is 0 Å². The van der Waals surface area contributed by atoms with E-state index in [9.17, 15) is 9.59 Å². The Balaban J connectivity index is 1.54. The minimum Gasteiger partial charge on any atom is -0.343 e. The van der Waals surface area contributed by atoms with Crippen LogP contribution in [-0.4, -0.2) is 47.8 Å². The van der Waals surface area contributed by atoms with E-state index in [-0.39, 0.29) is 23.3 Å². The molecule has 0 radical (unpaired) electrons. The maximum Gasteiger partial charge on any atom is 0.224 e. The van der Waals surface area contributed by atoms with Crippen LogP contribution >= 0.6 is 0 Å². The van der Waals surface area contributed by atoms with Gasteiger partial charge < -0.3 is 15.5 Å². The number of piperidine rings is 2. The van der Waals surface area contributed by atoms with Crippen molar-refractivity contribution in [2.75, 3.05) is 26.2 Å². The molecule has 0 bridgehead atoms. The van der Waals surface area contributed by atoms with Crippen LogP contribution in [0.25, 0.3) is 0 Å². The number of amides is 2. The van der Waals surface area contributed by atoms with E-state index in [0.717, 1.165) is 44.5 Å². The zero-order valence-electron chi connectivity index (χ0n) is 15.4. The number of carbonyl (C=O) groups is 2. The number of benzene rings is 1. The first-order valence-corrected chi connectivity index (χ1v) is 9.50. The maximum absolute atomic E-state index is 12.6. The molecule has 140 valence electrons. The lowest BCUT2D eigenvalue weighted by atomic mass is 9.72. The molecular weight excluding hydrogens is 326 g/mol. The van der Waals surface area contributed by atoms with E-state index in [2.05, 4.69) is 6.58 Å². The van der Waals surface area contributed by atoms with Crippen LogP contribution in [0.2, 0.25) is 0 Å². The molecule has 2 amide bonds. The van der Waals surface area contributed by atoms with Gasteiger partial charge in [-0.25, -0.2) is 0 Å². The molecule has 5 heteroatoms. The monoisotopic (exact) mass is 355 g/mol. The van der Waals surface area contributed by atoms with Crippen LogP contribution in [0, 0.1) is 5.41 Å². The Morgan fingerprint density at radius 3 is 2.58 bits per heavy atom. The van der Waals surface area contributed by atoms with E-state index in [1.165, 1.54) is 0 Å². The summed E-state index contributed by atoms with van der Waals surface area (Å²) >= 11 is 0. The summed E-state index contributed by atoms with van der Waals surface area (Å²) in [6.07, 6.45) is 5.60. The highest BCUT2D eigenvalue weighted by atomic mass is 16.2. The van der Waals surface area contributed by atoms with E-state index in [1.54, 1.807) is 6.08 Å². The highest BCUT2D eigenvalue weighted by molar-refractivity contribution is 5.78. The molecule has 0 aliphatic carbocycles. The lowest BCUT2D eigenvalue weighted by molar-refractivity contribution is -0.142. The average Bonchev–Trinajstić information content (AvgIpc) is 2.66. The van der Waals surface area contributed by atoms with E-state index in [0.29, 0.717) is 19.4 Å². The van der Waals surface area contributed by atoms with Crippen molar-refractivity contribution in [2.45, 2.75) is 38.1 Å². The third-order valence-electron chi connectivity index (χ3n) is 5.90. The summed E-state index contributed by atoms with van der Waals surface area (Å²) in [5.74, 6) is 0.355. The van der Waals surface area contributed by atoms with Crippen LogP contribution < -0.4 is 5.73 Å². The number of hydrogen-bond donors (Lipinski definition) is 1. The topological polar surface area (TPSA) is 66.6 Å². The van der Waals surface area contributed by atoms with Gasteiger partial charge in [-0.1, -0.05) is 36.4 Å². The first-order valence-electron chi connectivity index (χ1n) is 9.50. The van der Waals surface area contributed by atoms with Gasteiger partial charge in [-0.2, -0.15) is 0 Å². The molecule has 1 aromatic carbocycles. The number of carbonyl (C=O) groups excluding carboxylic acids is 2. The minimum atomic E-state index is -0.255. The van der Waals surface area contributed by atoms with E-state index in [4.69, 9.17) is 5.73 Å². The zero-order valence-corrected chi connectivity index (χ0v) is 15.4. The molecule has 2 fully saturated rings. The molecule has 0 aromatic heterocycles. The molecule has 2 heterocycles. The minimum absolute atomic E-state index is 0.131. The zero-order chi connectivity index (χ0) is 18.6. The largest absolute Gasteiger partial charge is 0.343 e. The Bertz CT molecular complexity index is 650. The summed E-state index contributed by atoms with van der Waals surface area (Å²) in [7, 11) is 0. The van der Waals surface area contributed by atoms with Gasteiger partial charge in [0.1, 0.15) is 0 Å². The first kappa shape index (κ1) is 18.6. The average molecular weight is 355 g/mol. The van der Waals surface area contributed by atoms with Crippen LogP contribution in [0.5, 0.6) is 0 Å². The Hall–Kier alpha value is -2.14. The van der Waals surface area contributed by atoms with Gasteiger partial charge in [0.05, 0.1) is 0 Å². The molecule has 1 atom stereocenters. The summed E-state index contributed by atoms with van der Waals surface area (Å²) in [5.41, 5.74) is 7.37. The second kappa shape index (κ2) is 8.04. The van der Waals surface area contributed by atoms with Crippen LogP contribution in [0.3, 0.4) is 0 Å². The molecule has 2 aliphatic rings. The molecule has 3 rings (SSSR count). The summed E-state index contributed by atoms with van der Waals surface area (Å²) in [6, 6.07) is 9.53.